The van der Waals surface area contributed by atoms with Crippen LogP contribution in [0.15, 0.2) is 24.3 Å². The fraction of sp³-hybridized carbons (Fsp3) is 0.438. The van der Waals surface area contributed by atoms with E-state index in [9.17, 15) is 4.79 Å². The molecule has 1 rings (SSSR count). The predicted molar refractivity (Wildman–Crippen MR) is 81.5 cm³/mol. The van der Waals surface area contributed by atoms with E-state index < -0.39 is 5.97 Å². The average Bonchev–Trinajstić information content (AvgIpc) is 2.37. The number of ether oxygens (including phenoxy) is 2. The standard InChI is InChI=1S/C16H21ClO3/c1-6-19-16(18)12(5)9-20-15-8-13(10(2)3)14(17)7-11(15)4/h7-8,10H,5-6,9H2,1-4H3. The summed E-state index contributed by atoms with van der Waals surface area (Å²) in [5.74, 6) is 0.588. The summed E-state index contributed by atoms with van der Waals surface area (Å²) in [6, 6.07) is 3.79. The van der Waals surface area contributed by atoms with Crippen molar-refractivity contribution in [2.45, 2.75) is 33.6 Å². The number of carbonyl (C=O) groups excluding carboxylic acids is 1. The second kappa shape index (κ2) is 7.34. The van der Waals surface area contributed by atoms with Crippen LogP contribution in [0, 0.1) is 6.92 Å². The molecule has 20 heavy (non-hydrogen) atoms. The van der Waals surface area contributed by atoms with Gasteiger partial charge >= 0.3 is 5.97 Å². The molecule has 0 aromatic heterocycles. The Hall–Kier alpha value is -1.48. The molecule has 0 heterocycles. The third-order valence-corrected chi connectivity index (χ3v) is 3.21. The fourth-order valence-electron chi connectivity index (χ4n) is 1.72. The highest BCUT2D eigenvalue weighted by Gasteiger charge is 2.12. The fourth-order valence-corrected chi connectivity index (χ4v) is 2.16. The largest absolute Gasteiger partial charge is 0.488 e. The Bertz CT molecular complexity index is 507. The zero-order valence-corrected chi connectivity index (χ0v) is 13.2. The molecule has 0 aliphatic carbocycles. The summed E-state index contributed by atoms with van der Waals surface area (Å²) < 4.78 is 10.5. The van der Waals surface area contributed by atoms with Crippen LogP contribution < -0.4 is 4.74 Å². The molecule has 1 aromatic rings. The van der Waals surface area contributed by atoms with Crippen molar-refractivity contribution in [2.24, 2.45) is 0 Å². The third-order valence-electron chi connectivity index (χ3n) is 2.88. The molecule has 4 heteroatoms. The van der Waals surface area contributed by atoms with E-state index in [1.54, 1.807) is 6.92 Å². The topological polar surface area (TPSA) is 35.5 Å². The minimum absolute atomic E-state index is 0.110. The molecular weight excluding hydrogens is 276 g/mol. The van der Waals surface area contributed by atoms with Crippen LogP contribution in [0.3, 0.4) is 0 Å². The minimum atomic E-state index is -0.428. The quantitative estimate of drug-likeness (QED) is 0.581. The molecule has 110 valence electrons. The molecule has 0 aliphatic rings. The number of esters is 1. The van der Waals surface area contributed by atoms with Gasteiger partial charge < -0.3 is 9.47 Å². The predicted octanol–water partition coefficient (Wildman–Crippen LogP) is 4.27. The molecule has 3 nitrogen and oxygen atoms in total. The van der Waals surface area contributed by atoms with E-state index in [1.807, 2.05) is 19.1 Å². The maximum absolute atomic E-state index is 11.5. The Morgan fingerprint density at radius 2 is 2.05 bits per heavy atom. The maximum atomic E-state index is 11.5. The van der Waals surface area contributed by atoms with Crippen molar-refractivity contribution in [3.63, 3.8) is 0 Å². The summed E-state index contributed by atoms with van der Waals surface area (Å²) >= 11 is 6.20. The van der Waals surface area contributed by atoms with Gasteiger partial charge in [0.15, 0.2) is 0 Å². The highest BCUT2D eigenvalue weighted by atomic mass is 35.5. The van der Waals surface area contributed by atoms with Crippen LogP contribution in [0.2, 0.25) is 5.02 Å². The number of aryl methyl sites for hydroxylation is 1. The summed E-state index contributed by atoms with van der Waals surface area (Å²) in [7, 11) is 0. The van der Waals surface area contributed by atoms with Gasteiger partial charge in [-0.05, 0) is 43.0 Å². The van der Waals surface area contributed by atoms with Crippen LogP contribution in [0.5, 0.6) is 5.75 Å². The van der Waals surface area contributed by atoms with Crippen LogP contribution in [-0.2, 0) is 9.53 Å². The van der Waals surface area contributed by atoms with E-state index in [2.05, 4.69) is 20.4 Å². The lowest BCUT2D eigenvalue weighted by molar-refractivity contribution is -0.138. The van der Waals surface area contributed by atoms with Gasteiger partial charge in [0.1, 0.15) is 12.4 Å². The van der Waals surface area contributed by atoms with Crippen molar-refractivity contribution >= 4 is 17.6 Å². The summed E-state index contributed by atoms with van der Waals surface area (Å²) in [4.78, 5) is 11.5. The highest BCUT2D eigenvalue weighted by Crippen LogP contribution is 2.31. The van der Waals surface area contributed by atoms with Gasteiger partial charge in [0, 0.05) is 5.02 Å². The van der Waals surface area contributed by atoms with E-state index in [4.69, 9.17) is 21.1 Å². The number of rotatable bonds is 6. The van der Waals surface area contributed by atoms with Crippen LogP contribution in [0.25, 0.3) is 0 Å². The summed E-state index contributed by atoms with van der Waals surface area (Å²) in [5, 5.41) is 0.731. The first-order chi connectivity index (χ1) is 9.36. The molecule has 0 radical (unpaired) electrons. The molecule has 0 N–H and O–H groups in total. The number of hydrogen-bond acceptors (Lipinski definition) is 3. The lowest BCUT2D eigenvalue weighted by Gasteiger charge is -2.15. The Morgan fingerprint density at radius 3 is 2.60 bits per heavy atom. The van der Waals surface area contributed by atoms with E-state index in [0.717, 1.165) is 16.1 Å². The number of hydrogen-bond donors (Lipinski definition) is 0. The number of carbonyl (C=O) groups is 1. The van der Waals surface area contributed by atoms with E-state index >= 15 is 0 Å². The van der Waals surface area contributed by atoms with Crippen molar-refractivity contribution < 1.29 is 14.3 Å². The molecule has 0 saturated heterocycles. The van der Waals surface area contributed by atoms with Gasteiger partial charge in [0.2, 0.25) is 0 Å². The van der Waals surface area contributed by atoms with Gasteiger partial charge in [-0.3, -0.25) is 0 Å². The molecule has 0 atom stereocenters. The van der Waals surface area contributed by atoms with Crippen LogP contribution in [0.4, 0.5) is 0 Å². The summed E-state index contributed by atoms with van der Waals surface area (Å²) in [6.45, 7) is 11.9. The van der Waals surface area contributed by atoms with Crippen LogP contribution in [-0.4, -0.2) is 19.2 Å². The van der Waals surface area contributed by atoms with E-state index in [0.29, 0.717) is 23.8 Å². The SMILES string of the molecule is C=C(COc1cc(C(C)C)c(Cl)cc1C)C(=O)OCC. The van der Waals surface area contributed by atoms with Gasteiger partial charge in [0.25, 0.3) is 0 Å². The molecule has 0 fully saturated rings. The molecule has 0 unspecified atom stereocenters. The Kier molecular flexibility index (Phi) is 6.08. The highest BCUT2D eigenvalue weighted by molar-refractivity contribution is 6.31. The van der Waals surface area contributed by atoms with Crippen LogP contribution in [0.1, 0.15) is 37.8 Å². The summed E-state index contributed by atoms with van der Waals surface area (Å²) in [5.41, 5.74) is 2.25. The summed E-state index contributed by atoms with van der Waals surface area (Å²) in [6.07, 6.45) is 0. The molecule has 0 aliphatic heterocycles. The smallest absolute Gasteiger partial charge is 0.336 e. The lowest BCUT2D eigenvalue weighted by Crippen LogP contribution is -2.13. The van der Waals surface area contributed by atoms with Crippen molar-refractivity contribution in [3.8, 4) is 5.75 Å². The van der Waals surface area contributed by atoms with E-state index in [1.165, 1.54) is 0 Å². The Labute approximate surface area is 125 Å². The average molecular weight is 297 g/mol. The maximum Gasteiger partial charge on any atom is 0.336 e. The monoisotopic (exact) mass is 296 g/mol. The van der Waals surface area contributed by atoms with Crippen molar-refractivity contribution in [1.29, 1.82) is 0 Å². The third kappa shape index (κ3) is 4.27. The van der Waals surface area contributed by atoms with Crippen molar-refractivity contribution in [1.82, 2.24) is 0 Å². The van der Waals surface area contributed by atoms with Gasteiger partial charge in [-0.25, -0.2) is 4.79 Å². The van der Waals surface area contributed by atoms with Gasteiger partial charge in [-0.15, -0.1) is 0 Å². The second-order valence-corrected chi connectivity index (χ2v) is 5.31. The number of benzene rings is 1. The second-order valence-electron chi connectivity index (χ2n) is 4.91. The molecule has 1 aromatic carbocycles. The zero-order valence-electron chi connectivity index (χ0n) is 12.5. The van der Waals surface area contributed by atoms with Gasteiger partial charge in [0.05, 0.1) is 12.2 Å². The first-order valence-electron chi connectivity index (χ1n) is 6.64. The molecule has 0 spiro atoms. The molecule has 0 amide bonds. The normalized spacial score (nSPS) is 10.5. The minimum Gasteiger partial charge on any atom is -0.488 e. The van der Waals surface area contributed by atoms with Crippen molar-refractivity contribution in [2.75, 3.05) is 13.2 Å². The van der Waals surface area contributed by atoms with Gasteiger partial charge in [-0.2, -0.15) is 0 Å². The molecular formula is C16H21ClO3. The van der Waals surface area contributed by atoms with E-state index in [-0.39, 0.29) is 6.61 Å². The zero-order chi connectivity index (χ0) is 15.3. The lowest BCUT2D eigenvalue weighted by atomic mass is 10.0. The number of halogens is 1. The first-order valence-corrected chi connectivity index (χ1v) is 7.02. The first kappa shape index (κ1) is 16.6. The Morgan fingerprint density at radius 1 is 1.40 bits per heavy atom. The Balaban J connectivity index is 2.80. The van der Waals surface area contributed by atoms with Gasteiger partial charge in [-0.1, -0.05) is 32.0 Å². The molecule has 0 bridgehead atoms. The molecule has 0 saturated carbocycles. The van der Waals surface area contributed by atoms with Crippen LogP contribution >= 0.6 is 11.6 Å². The van der Waals surface area contributed by atoms with Crippen molar-refractivity contribution in [3.05, 3.63) is 40.4 Å².